The van der Waals surface area contributed by atoms with Crippen LogP contribution in [0.15, 0.2) is 64.9 Å². The molecule has 2 fully saturated rings. The number of carbonyl (C=O) groups is 1. The average Bonchev–Trinajstić information content (AvgIpc) is 3.37. The lowest BCUT2D eigenvalue weighted by atomic mass is 10.1. The molecule has 1 aliphatic carbocycles. The molecule has 10 nitrogen and oxygen atoms in total. The molecule has 5 rings (SSSR count). The Kier molecular flexibility index (Phi) is 7.28. The number of nitrogens with one attached hydrogen (secondary N) is 2. The predicted octanol–water partition coefficient (Wildman–Crippen LogP) is 3.35. The lowest BCUT2D eigenvalue weighted by Crippen LogP contribution is -2.44. The first-order chi connectivity index (χ1) is 18.0. The van der Waals surface area contributed by atoms with Crippen LogP contribution < -0.4 is 9.44 Å². The molecule has 0 bridgehead atoms. The molecule has 1 saturated heterocycles. The number of rotatable bonds is 9. The first-order valence-corrected chi connectivity index (χ1v) is 15.7. The Morgan fingerprint density at radius 1 is 1.05 bits per heavy atom. The first kappa shape index (κ1) is 27.1. The SMILES string of the molecule is O=C(O)C1(NS(=O)(=O)c2ccc(-c3ccc(Cl)cc3)s2)CC1c1cccc(NS(=O)(=O)N2CCOCC2)c1. The highest BCUT2D eigenvalue weighted by molar-refractivity contribution is 7.91. The Labute approximate surface area is 229 Å². The third-order valence-electron chi connectivity index (χ3n) is 6.48. The number of ether oxygens (including phenoxy) is 1. The van der Waals surface area contributed by atoms with Crippen LogP contribution in [-0.4, -0.2) is 64.1 Å². The van der Waals surface area contributed by atoms with Crippen molar-refractivity contribution in [3.8, 4) is 10.4 Å². The van der Waals surface area contributed by atoms with Crippen molar-refractivity contribution in [2.75, 3.05) is 31.0 Å². The van der Waals surface area contributed by atoms with Crippen LogP contribution in [0.25, 0.3) is 10.4 Å². The van der Waals surface area contributed by atoms with Crippen LogP contribution in [-0.2, 0) is 29.8 Å². The molecule has 2 aromatic carbocycles. The Morgan fingerprint density at radius 2 is 1.76 bits per heavy atom. The second-order valence-corrected chi connectivity index (χ2v) is 14.1. The summed E-state index contributed by atoms with van der Waals surface area (Å²) in [5.74, 6) is -1.99. The van der Waals surface area contributed by atoms with Crippen molar-refractivity contribution in [1.29, 1.82) is 0 Å². The molecule has 2 atom stereocenters. The smallest absolute Gasteiger partial charge is 0.325 e. The normalized spacial score (nSPS) is 22.2. The monoisotopic (exact) mass is 597 g/mol. The Balaban J connectivity index is 1.34. The summed E-state index contributed by atoms with van der Waals surface area (Å²) >= 11 is 6.95. The molecular formula is C24H24ClN3O7S3. The van der Waals surface area contributed by atoms with E-state index in [1.807, 2.05) is 0 Å². The molecule has 1 saturated carbocycles. The number of carboxylic acid groups (broad SMARTS) is 1. The van der Waals surface area contributed by atoms with Gasteiger partial charge in [0.15, 0.2) is 0 Å². The zero-order valence-corrected chi connectivity index (χ0v) is 23.0. The van der Waals surface area contributed by atoms with Gasteiger partial charge in [-0.1, -0.05) is 35.9 Å². The highest BCUT2D eigenvalue weighted by atomic mass is 35.5. The largest absolute Gasteiger partial charge is 0.480 e. The van der Waals surface area contributed by atoms with Crippen molar-refractivity contribution in [2.24, 2.45) is 0 Å². The second kappa shape index (κ2) is 10.2. The third-order valence-corrected chi connectivity index (χ3v) is 11.4. The number of sulfonamides is 1. The number of benzene rings is 2. The molecule has 3 N–H and O–H groups in total. The minimum atomic E-state index is -4.16. The van der Waals surface area contributed by atoms with Gasteiger partial charge in [0.2, 0.25) is 0 Å². The van der Waals surface area contributed by atoms with Crippen LogP contribution in [0.5, 0.6) is 0 Å². The van der Waals surface area contributed by atoms with E-state index in [2.05, 4.69) is 9.44 Å². The van der Waals surface area contributed by atoms with E-state index >= 15 is 0 Å². The van der Waals surface area contributed by atoms with Crippen molar-refractivity contribution in [1.82, 2.24) is 9.03 Å². The Bertz CT molecular complexity index is 1570. The van der Waals surface area contributed by atoms with E-state index in [1.165, 1.54) is 16.4 Å². The summed E-state index contributed by atoms with van der Waals surface area (Å²) in [6, 6.07) is 16.4. The zero-order chi connectivity index (χ0) is 27.1. The summed E-state index contributed by atoms with van der Waals surface area (Å²) in [4.78, 5) is 13.0. The van der Waals surface area contributed by atoms with Gasteiger partial charge in [-0.15, -0.1) is 11.3 Å². The molecule has 2 unspecified atom stereocenters. The topological polar surface area (TPSA) is 142 Å². The lowest BCUT2D eigenvalue weighted by molar-refractivity contribution is -0.140. The van der Waals surface area contributed by atoms with Gasteiger partial charge in [0.25, 0.3) is 10.0 Å². The van der Waals surface area contributed by atoms with Gasteiger partial charge in [-0.25, -0.2) is 8.42 Å². The minimum Gasteiger partial charge on any atom is -0.480 e. The molecule has 0 spiro atoms. The van der Waals surface area contributed by atoms with Crippen molar-refractivity contribution in [3.63, 3.8) is 0 Å². The van der Waals surface area contributed by atoms with E-state index in [0.717, 1.165) is 16.9 Å². The standard InChI is InChI=1S/C24H24ClN3O7S3/c25-18-6-4-16(5-7-18)21-8-9-22(36-21)37(31,32)27-24(23(29)30)15-20(24)17-2-1-3-19(14-17)26-38(33,34)28-10-12-35-13-11-28/h1-9,14,20,26-27H,10-13,15H2,(H,29,30). The van der Waals surface area contributed by atoms with Gasteiger partial charge < -0.3 is 9.84 Å². The van der Waals surface area contributed by atoms with E-state index in [9.17, 15) is 26.7 Å². The summed E-state index contributed by atoms with van der Waals surface area (Å²) in [5, 5.41) is 10.6. The lowest BCUT2D eigenvalue weighted by Gasteiger charge is -2.26. The van der Waals surface area contributed by atoms with Crippen molar-refractivity contribution in [2.45, 2.75) is 22.1 Å². The van der Waals surface area contributed by atoms with E-state index in [1.54, 1.807) is 48.5 Å². The number of hydrogen-bond acceptors (Lipinski definition) is 7. The van der Waals surface area contributed by atoms with Crippen LogP contribution in [0.1, 0.15) is 17.9 Å². The highest BCUT2D eigenvalue weighted by Crippen LogP contribution is 2.53. The number of thiophene rings is 1. The molecule has 38 heavy (non-hydrogen) atoms. The first-order valence-electron chi connectivity index (χ1n) is 11.6. The number of morpholine rings is 1. The maximum Gasteiger partial charge on any atom is 0.325 e. The average molecular weight is 598 g/mol. The van der Waals surface area contributed by atoms with Gasteiger partial charge >= 0.3 is 16.2 Å². The fourth-order valence-electron chi connectivity index (χ4n) is 4.40. The van der Waals surface area contributed by atoms with Gasteiger partial charge in [0, 0.05) is 28.9 Å². The molecule has 2 aliphatic rings. The van der Waals surface area contributed by atoms with Crippen LogP contribution >= 0.6 is 22.9 Å². The van der Waals surface area contributed by atoms with Gasteiger partial charge in [-0.2, -0.15) is 17.4 Å². The summed E-state index contributed by atoms with van der Waals surface area (Å²) in [7, 11) is -7.98. The number of carboxylic acids is 1. The van der Waals surface area contributed by atoms with Gasteiger partial charge in [-0.3, -0.25) is 9.52 Å². The molecule has 0 radical (unpaired) electrons. The number of hydrogen-bond donors (Lipinski definition) is 3. The third kappa shape index (κ3) is 5.45. The Morgan fingerprint density at radius 3 is 2.45 bits per heavy atom. The number of halogens is 1. The quantitative estimate of drug-likeness (QED) is 0.343. The fraction of sp³-hybridized carbons (Fsp3) is 0.292. The van der Waals surface area contributed by atoms with Gasteiger partial charge in [0.1, 0.15) is 9.75 Å². The highest BCUT2D eigenvalue weighted by Gasteiger charge is 2.63. The van der Waals surface area contributed by atoms with Crippen LogP contribution in [0.4, 0.5) is 5.69 Å². The van der Waals surface area contributed by atoms with Crippen molar-refractivity contribution in [3.05, 3.63) is 71.2 Å². The number of nitrogens with zero attached hydrogens (tertiary/aromatic N) is 1. The van der Waals surface area contributed by atoms with Gasteiger partial charge in [0.05, 0.1) is 18.9 Å². The summed E-state index contributed by atoms with van der Waals surface area (Å²) in [5.41, 5.74) is -0.195. The van der Waals surface area contributed by atoms with Crippen LogP contribution in [0.3, 0.4) is 0 Å². The van der Waals surface area contributed by atoms with Gasteiger partial charge in [-0.05, 0) is 53.9 Å². The molecule has 202 valence electrons. The molecule has 14 heteroatoms. The minimum absolute atomic E-state index is 0.0132. The fourth-order valence-corrected chi connectivity index (χ4v) is 8.43. The van der Waals surface area contributed by atoms with E-state index in [0.29, 0.717) is 28.7 Å². The summed E-state index contributed by atoms with van der Waals surface area (Å²) < 4.78 is 63.2. The van der Waals surface area contributed by atoms with E-state index in [-0.39, 0.29) is 29.4 Å². The molecule has 1 aliphatic heterocycles. The maximum atomic E-state index is 13.2. The molecule has 2 heterocycles. The van der Waals surface area contributed by atoms with Crippen LogP contribution in [0.2, 0.25) is 5.02 Å². The summed E-state index contributed by atoms with van der Waals surface area (Å²) in [6.45, 7) is 1.06. The predicted molar refractivity (Wildman–Crippen MR) is 144 cm³/mol. The summed E-state index contributed by atoms with van der Waals surface area (Å²) in [6.07, 6.45) is 0.0245. The second-order valence-electron chi connectivity index (χ2n) is 9.01. The maximum absolute atomic E-state index is 13.2. The number of aliphatic carboxylic acids is 1. The molecule has 0 amide bonds. The number of anilines is 1. The van der Waals surface area contributed by atoms with E-state index in [4.69, 9.17) is 16.3 Å². The van der Waals surface area contributed by atoms with Crippen molar-refractivity contribution >= 4 is 54.8 Å². The van der Waals surface area contributed by atoms with Crippen LogP contribution in [0, 0.1) is 0 Å². The molecular weight excluding hydrogens is 574 g/mol. The van der Waals surface area contributed by atoms with Crippen molar-refractivity contribution < 1.29 is 31.5 Å². The Hall–Kier alpha value is -2.52. The van der Waals surface area contributed by atoms with E-state index < -0.39 is 37.7 Å². The zero-order valence-electron chi connectivity index (χ0n) is 19.8. The molecule has 1 aromatic heterocycles. The molecule has 3 aromatic rings.